The average Bonchev–Trinajstić information content (AvgIpc) is 3.31. The van der Waals surface area contributed by atoms with Gasteiger partial charge < -0.3 is 19.8 Å². The number of nitrogens with zero attached hydrogens (tertiary/aromatic N) is 2. The Labute approximate surface area is 175 Å². The van der Waals surface area contributed by atoms with Crippen molar-refractivity contribution in [2.45, 2.75) is 12.5 Å². The second-order valence-electron chi connectivity index (χ2n) is 6.10. The summed E-state index contributed by atoms with van der Waals surface area (Å²) in [4.78, 5) is 11.5. The quantitative estimate of drug-likeness (QED) is 0.388. The number of carbonyl (C=O) groups excluding carboxylic acids is 1. The van der Waals surface area contributed by atoms with Gasteiger partial charge in [-0.25, -0.2) is 18.0 Å². The van der Waals surface area contributed by atoms with Gasteiger partial charge in [0.15, 0.2) is 11.6 Å². The smallest absolute Gasteiger partial charge is 0.328 e. The van der Waals surface area contributed by atoms with Crippen LogP contribution in [-0.2, 0) is 9.53 Å². The molecule has 2 heterocycles. The fraction of sp³-hybridized carbons (Fsp3) is 0.167. The van der Waals surface area contributed by atoms with Crippen molar-refractivity contribution < 1.29 is 27.1 Å². The summed E-state index contributed by atoms with van der Waals surface area (Å²) < 4.78 is 53.4. The predicted molar refractivity (Wildman–Crippen MR) is 105 cm³/mol. The SMILES string of the molecule is O=C1OCCC1Nc1nnc(-c2ccc(F)c(F)c2Nc2ccc(I)cc2F)o1. The lowest BCUT2D eigenvalue weighted by Crippen LogP contribution is -2.24. The average molecular weight is 516 g/mol. The molecular formula is C18H12F3IN4O3. The summed E-state index contributed by atoms with van der Waals surface area (Å²) >= 11 is 1.93. The van der Waals surface area contributed by atoms with Crippen molar-refractivity contribution in [1.82, 2.24) is 10.2 Å². The number of esters is 1. The van der Waals surface area contributed by atoms with E-state index in [4.69, 9.17) is 9.15 Å². The number of cyclic esters (lactones) is 1. The number of nitrogens with one attached hydrogen (secondary N) is 2. The topological polar surface area (TPSA) is 89.3 Å². The van der Waals surface area contributed by atoms with E-state index in [1.54, 1.807) is 6.07 Å². The summed E-state index contributed by atoms with van der Waals surface area (Å²) in [5.41, 5.74) is -0.389. The molecule has 2 aromatic carbocycles. The molecule has 7 nitrogen and oxygen atoms in total. The molecule has 1 aliphatic heterocycles. The Morgan fingerprint density at radius 3 is 2.66 bits per heavy atom. The number of ether oxygens (including phenoxy) is 1. The molecule has 11 heteroatoms. The minimum absolute atomic E-state index is 0.0244. The number of anilines is 3. The van der Waals surface area contributed by atoms with Crippen LogP contribution in [0.3, 0.4) is 0 Å². The van der Waals surface area contributed by atoms with Crippen LogP contribution in [-0.4, -0.2) is 28.8 Å². The van der Waals surface area contributed by atoms with Gasteiger partial charge >= 0.3 is 12.0 Å². The molecule has 0 saturated carbocycles. The first kappa shape index (κ1) is 19.5. The van der Waals surface area contributed by atoms with Crippen LogP contribution < -0.4 is 10.6 Å². The van der Waals surface area contributed by atoms with Gasteiger partial charge in [-0.2, -0.15) is 0 Å². The summed E-state index contributed by atoms with van der Waals surface area (Å²) in [7, 11) is 0. The first-order valence-corrected chi connectivity index (χ1v) is 9.47. The zero-order valence-electron chi connectivity index (χ0n) is 14.5. The fourth-order valence-electron chi connectivity index (χ4n) is 2.74. The normalized spacial score (nSPS) is 16.0. The van der Waals surface area contributed by atoms with Crippen molar-refractivity contribution in [3.8, 4) is 11.5 Å². The van der Waals surface area contributed by atoms with E-state index >= 15 is 0 Å². The Bertz CT molecular complexity index is 1090. The molecule has 150 valence electrons. The fourth-order valence-corrected chi connectivity index (χ4v) is 3.20. The Hall–Kier alpha value is -2.83. The van der Waals surface area contributed by atoms with E-state index < -0.39 is 29.5 Å². The van der Waals surface area contributed by atoms with E-state index in [9.17, 15) is 18.0 Å². The lowest BCUT2D eigenvalue weighted by Gasteiger charge is -2.12. The minimum Gasteiger partial charge on any atom is -0.464 e. The van der Waals surface area contributed by atoms with Crippen molar-refractivity contribution in [3.05, 3.63) is 51.4 Å². The van der Waals surface area contributed by atoms with E-state index in [0.717, 1.165) is 6.07 Å². The highest BCUT2D eigenvalue weighted by Gasteiger charge is 2.28. The van der Waals surface area contributed by atoms with Gasteiger partial charge in [0.05, 0.1) is 23.5 Å². The second kappa shape index (κ2) is 7.89. The summed E-state index contributed by atoms with van der Waals surface area (Å²) in [6.45, 7) is 0.274. The third kappa shape index (κ3) is 3.99. The number of hydrogen-bond donors (Lipinski definition) is 2. The minimum atomic E-state index is -1.23. The van der Waals surface area contributed by atoms with Gasteiger partial charge in [0.1, 0.15) is 11.9 Å². The molecule has 2 N–H and O–H groups in total. The van der Waals surface area contributed by atoms with Crippen molar-refractivity contribution >= 4 is 45.9 Å². The predicted octanol–water partition coefficient (Wildman–Crippen LogP) is 4.23. The van der Waals surface area contributed by atoms with Crippen LogP contribution in [0.15, 0.2) is 34.7 Å². The molecule has 1 aliphatic rings. The molecule has 0 amide bonds. The molecule has 1 fully saturated rings. The third-order valence-corrected chi connectivity index (χ3v) is 4.85. The highest BCUT2D eigenvalue weighted by molar-refractivity contribution is 14.1. The number of rotatable bonds is 5. The molecule has 29 heavy (non-hydrogen) atoms. The van der Waals surface area contributed by atoms with Gasteiger partial charge in [-0.15, -0.1) is 5.10 Å². The van der Waals surface area contributed by atoms with Gasteiger partial charge in [0.25, 0.3) is 5.89 Å². The Morgan fingerprint density at radius 2 is 1.93 bits per heavy atom. The molecule has 1 unspecified atom stereocenters. The van der Waals surface area contributed by atoms with Crippen LogP contribution in [0, 0.1) is 21.0 Å². The Kier molecular flexibility index (Phi) is 5.30. The molecule has 1 aromatic heterocycles. The highest BCUT2D eigenvalue weighted by atomic mass is 127. The largest absolute Gasteiger partial charge is 0.464 e. The lowest BCUT2D eigenvalue weighted by atomic mass is 10.1. The number of benzene rings is 2. The van der Waals surface area contributed by atoms with Crippen LogP contribution in [0.5, 0.6) is 0 Å². The van der Waals surface area contributed by atoms with E-state index in [1.165, 1.54) is 18.2 Å². The van der Waals surface area contributed by atoms with Gasteiger partial charge in [0, 0.05) is 9.99 Å². The second-order valence-corrected chi connectivity index (χ2v) is 7.34. The molecule has 1 saturated heterocycles. The number of halogens is 4. The van der Waals surface area contributed by atoms with Crippen LogP contribution in [0.2, 0.25) is 0 Å². The van der Waals surface area contributed by atoms with E-state index in [-0.39, 0.29) is 35.5 Å². The molecule has 0 radical (unpaired) electrons. The lowest BCUT2D eigenvalue weighted by molar-refractivity contribution is -0.138. The van der Waals surface area contributed by atoms with Crippen LogP contribution in [0.25, 0.3) is 11.5 Å². The maximum absolute atomic E-state index is 14.5. The molecule has 4 rings (SSSR count). The Morgan fingerprint density at radius 1 is 1.10 bits per heavy atom. The van der Waals surface area contributed by atoms with Gasteiger partial charge in [-0.1, -0.05) is 5.10 Å². The van der Waals surface area contributed by atoms with Crippen molar-refractivity contribution in [3.63, 3.8) is 0 Å². The molecule has 3 aromatic rings. The van der Waals surface area contributed by atoms with E-state index in [2.05, 4.69) is 20.8 Å². The molecule has 0 aliphatic carbocycles. The van der Waals surface area contributed by atoms with E-state index in [0.29, 0.717) is 9.99 Å². The van der Waals surface area contributed by atoms with Gasteiger partial charge in [-0.05, 0) is 52.9 Å². The molecule has 0 bridgehead atoms. The van der Waals surface area contributed by atoms with E-state index in [1.807, 2.05) is 22.6 Å². The zero-order chi connectivity index (χ0) is 20.5. The van der Waals surface area contributed by atoms with Gasteiger partial charge in [-0.3, -0.25) is 0 Å². The Balaban J connectivity index is 1.67. The monoisotopic (exact) mass is 516 g/mol. The third-order valence-electron chi connectivity index (χ3n) is 4.17. The van der Waals surface area contributed by atoms with Crippen LogP contribution in [0.1, 0.15) is 6.42 Å². The summed E-state index contributed by atoms with van der Waals surface area (Å²) in [6, 6.07) is 5.66. The number of hydrogen-bond acceptors (Lipinski definition) is 7. The first-order valence-electron chi connectivity index (χ1n) is 8.39. The van der Waals surface area contributed by atoms with Crippen LogP contribution >= 0.6 is 22.6 Å². The maximum atomic E-state index is 14.5. The zero-order valence-corrected chi connectivity index (χ0v) is 16.7. The standard InChI is InChI=1S/C18H12F3IN4O3/c19-10-3-2-9(15(14(10)21)23-12-4-1-8(22)7-11(12)20)16-25-26-18(29-16)24-13-5-6-28-17(13)27/h1-4,7,13,23H,5-6H2,(H,24,26). The molecular weight excluding hydrogens is 504 g/mol. The van der Waals surface area contributed by atoms with Crippen LogP contribution in [0.4, 0.5) is 30.6 Å². The van der Waals surface area contributed by atoms with Gasteiger partial charge in [0.2, 0.25) is 0 Å². The first-order chi connectivity index (χ1) is 13.9. The molecule has 0 spiro atoms. The maximum Gasteiger partial charge on any atom is 0.328 e. The number of carbonyl (C=O) groups is 1. The van der Waals surface area contributed by atoms with Crippen molar-refractivity contribution in [1.29, 1.82) is 0 Å². The summed E-state index contributed by atoms with van der Waals surface area (Å²) in [5.74, 6) is -3.60. The number of aromatic nitrogens is 2. The summed E-state index contributed by atoms with van der Waals surface area (Å²) in [6.07, 6.45) is 0.431. The summed E-state index contributed by atoms with van der Waals surface area (Å²) in [5, 5.41) is 12.8. The van der Waals surface area contributed by atoms with Crippen molar-refractivity contribution in [2.75, 3.05) is 17.2 Å². The molecule has 1 atom stereocenters. The van der Waals surface area contributed by atoms with Crippen molar-refractivity contribution in [2.24, 2.45) is 0 Å². The highest BCUT2D eigenvalue weighted by Crippen LogP contribution is 2.35.